The number of aromatic nitrogens is 1. The monoisotopic (exact) mass is 545 g/mol. The van der Waals surface area contributed by atoms with Gasteiger partial charge in [-0.1, -0.05) is 72.7 Å². The largest absolute Gasteiger partial charge is 0.480 e. The molecule has 1 aliphatic rings. The lowest BCUT2D eigenvalue weighted by molar-refractivity contribution is -0.141. The van der Waals surface area contributed by atoms with E-state index < -0.39 is 12.0 Å². The third-order valence-electron chi connectivity index (χ3n) is 6.53. The number of carbonyl (C=O) groups is 2. The molecule has 2 heterocycles. The molecule has 6 nitrogen and oxygen atoms in total. The summed E-state index contributed by atoms with van der Waals surface area (Å²) in [5, 5.41) is 11.0. The van der Waals surface area contributed by atoms with Crippen molar-refractivity contribution in [2.45, 2.75) is 51.1 Å². The van der Waals surface area contributed by atoms with E-state index in [1.807, 2.05) is 48.5 Å². The van der Waals surface area contributed by atoms with Gasteiger partial charge in [0.1, 0.15) is 10.9 Å². The number of rotatable bonds is 7. The summed E-state index contributed by atoms with van der Waals surface area (Å²) in [5.41, 5.74) is 2.98. The van der Waals surface area contributed by atoms with Crippen LogP contribution in [0.2, 0.25) is 10.0 Å². The first kappa shape index (κ1) is 26.5. The zero-order valence-electron chi connectivity index (χ0n) is 20.4. The summed E-state index contributed by atoms with van der Waals surface area (Å²) in [7, 11) is 1.72. The second kappa shape index (κ2) is 11.2. The zero-order chi connectivity index (χ0) is 26.0. The summed E-state index contributed by atoms with van der Waals surface area (Å²) >= 11 is 13.7. The van der Waals surface area contributed by atoms with E-state index in [4.69, 9.17) is 23.2 Å². The summed E-state index contributed by atoms with van der Waals surface area (Å²) in [5.74, 6) is -1.20. The van der Waals surface area contributed by atoms with E-state index in [1.165, 1.54) is 16.2 Å². The van der Waals surface area contributed by atoms with Crippen LogP contribution in [-0.2, 0) is 11.2 Å². The van der Waals surface area contributed by atoms with Crippen LogP contribution in [0.25, 0.3) is 0 Å². The van der Waals surface area contributed by atoms with Gasteiger partial charge in [-0.25, -0.2) is 4.79 Å². The van der Waals surface area contributed by atoms with Crippen molar-refractivity contribution >= 4 is 46.4 Å². The molecule has 0 unspecified atom stereocenters. The van der Waals surface area contributed by atoms with Crippen LogP contribution in [0.5, 0.6) is 0 Å². The van der Waals surface area contributed by atoms with Gasteiger partial charge in [0, 0.05) is 29.3 Å². The molecule has 1 aromatic heterocycles. The second-order valence-corrected chi connectivity index (χ2v) is 11.1. The average molecular weight is 547 g/mol. The fourth-order valence-corrected chi connectivity index (χ4v) is 6.33. The van der Waals surface area contributed by atoms with Crippen LogP contribution >= 0.6 is 34.5 Å². The van der Waals surface area contributed by atoms with E-state index in [9.17, 15) is 14.7 Å². The quantitative estimate of drug-likeness (QED) is 0.393. The molecule has 190 valence electrons. The molecule has 0 radical (unpaired) electrons. The lowest BCUT2D eigenvalue weighted by Crippen LogP contribution is -2.40. The molecule has 3 aromatic rings. The number of amides is 1. The van der Waals surface area contributed by atoms with Crippen LogP contribution in [0.15, 0.2) is 53.5 Å². The van der Waals surface area contributed by atoms with Gasteiger partial charge < -0.3 is 14.6 Å². The van der Waals surface area contributed by atoms with Gasteiger partial charge in [-0.05, 0) is 60.6 Å². The van der Waals surface area contributed by atoms with Crippen molar-refractivity contribution in [2.24, 2.45) is 4.99 Å². The van der Waals surface area contributed by atoms with Gasteiger partial charge >= 0.3 is 5.97 Å². The summed E-state index contributed by atoms with van der Waals surface area (Å²) in [6.45, 7) is 4.54. The molecule has 1 fully saturated rings. The van der Waals surface area contributed by atoms with Crippen LogP contribution in [0.1, 0.15) is 65.1 Å². The topological polar surface area (TPSA) is 74.9 Å². The first-order chi connectivity index (χ1) is 17.2. The van der Waals surface area contributed by atoms with E-state index in [-0.39, 0.29) is 17.9 Å². The number of carboxylic acid groups (broad SMARTS) is 1. The van der Waals surface area contributed by atoms with Gasteiger partial charge in [-0.15, -0.1) is 0 Å². The van der Waals surface area contributed by atoms with E-state index in [0.717, 1.165) is 16.8 Å². The normalized spacial score (nSPS) is 17.1. The maximum Gasteiger partial charge on any atom is 0.326 e. The molecule has 0 spiro atoms. The molecule has 1 amide bonds. The van der Waals surface area contributed by atoms with Gasteiger partial charge in [-0.3, -0.25) is 9.79 Å². The Morgan fingerprint density at radius 1 is 1.08 bits per heavy atom. The van der Waals surface area contributed by atoms with Crippen LogP contribution < -0.4 is 4.80 Å². The van der Waals surface area contributed by atoms with Crippen molar-refractivity contribution < 1.29 is 14.7 Å². The number of likely N-dealkylation sites (tertiary alicyclic amines) is 1. The summed E-state index contributed by atoms with van der Waals surface area (Å²) in [4.78, 5) is 32.9. The van der Waals surface area contributed by atoms with E-state index in [1.54, 1.807) is 7.05 Å². The Hall–Kier alpha value is -2.61. The third-order valence-corrected chi connectivity index (χ3v) is 8.19. The van der Waals surface area contributed by atoms with Crippen LogP contribution in [0.3, 0.4) is 0 Å². The molecular weight excluding hydrogens is 517 g/mol. The highest BCUT2D eigenvalue weighted by Gasteiger charge is 2.37. The number of nitrogens with zero attached hydrogens (tertiary/aromatic N) is 3. The number of hydrogen-bond donors (Lipinski definition) is 1. The van der Waals surface area contributed by atoms with Crippen molar-refractivity contribution in [3.8, 4) is 0 Å². The Labute approximate surface area is 224 Å². The molecule has 9 heteroatoms. The lowest BCUT2D eigenvalue weighted by atomic mass is 9.97. The fourth-order valence-electron chi connectivity index (χ4n) is 4.84. The minimum absolute atomic E-state index is 0.00148. The SMILES string of the molecule is C/N=c1/sc(C(=O)N2CCC[C@H]2C(=O)O)c(C(C)C)n1[C@@H](Cc1ccc(Cl)cc1)c1ccc(Cl)cc1. The van der Waals surface area contributed by atoms with Crippen LogP contribution in [0.4, 0.5) is 0 Å². The molecule has 0 aliphatic carbocycles. The molecule has 1 N–H and O–H groups in total. The molecule has 0 saturated carbocycles. The molecule has 1 aliphatic heterocycles. The Balaban J connectivity index is 1.88. The average Bonchev–Trinajstić information content (AvgIpc) is 3.49. The predicted octanol–water partition coefficient (Wildman–Crippen LogP) is 6.03. The van der Waals surface area contributed by atoms with Crippen molar-refractivity contribution in [2.75, 3.05) is 13.6 Å². The van der Waals surface area contributed by atoms with Crippen molar-refractivity contribution in [1.82, 2.24) is 9.47 Å². The summed E-state index contributed by atoms with van der Waals surface area (Å²) in [6, 6.07) is 14.5. The van der Waals surface area contributed by atoms with Crippen molar-refractivity contribution in [1.29, 1.82) is 0 Å². The van der Waals surface area contributed by atoms with Crippen LogP contribution in [0, 0.1) is 0 Å². The number of hydrogen-bond acceptors (Lipinski definition) is 4. The number of thiazole rings is 1. The zero-order valence-corrected chi connectivity index (χ0v) is 22.8. The first-order valence-electron chi connectivity index (χ1n) is 11.9. The minimum atomic E-state index is -0.960. The molecule has 2 atom stereocenters. The number of aliphatic carboxylic acids is 1. The highest BCUT2D eigenvalue weighted by atomic mass is 35.5. The van der Waals surface area contributed by atoms with E-state index in [2.05, 4.69) is 23.4 Å². The Bertz CT molecular complexity index is 1310. The molecule has 1 saturated heterocycles. The third kappa shape index (κ3) is 5.38. The first-order valence-corrected chi connectivity index (χ1v) is 13.5. The molecule has 36 heavy (non-hydrogen) atoms. The standard InChI is InChI=1S/C27H29Cl2N3O3S/c1-16(2)23-24(25(33)31-14-4-5-21(31)26(34)35)36-27(30-3)32(23)22(18-8-12-20(29)13-9-18)15-17-6-10-19(28)11-7-17/h6-13,16,21-22H,4-5,14-15H2,1-3H3,(H,34,35)/b30-27+/t21-,22-/m0/s1. The number of carbonyl (C=O) groups excluding carboxylic acids is 1. The van der Waals surface area contributed by atoms with Gasteiger partial charge in [0.15, 0.2) is 4.80 Å². The van der Waals surface area contributed by atoms with Gasteiger partial charge in [0.2, 0.25) is 0 Å². The number of halogens is 2. The highest BCUT2D eigenvalue weighted by Crippen LogP contribution is 2.33. The maximum atomic E-state index is 13.8. The fraction of sp³-hybridized carbons (Fsp3) is 0.370. The lowest BCUT2D eigenvalue weighted by Gasteiger charge is -2.26. The van der Waals surface area contributed by atoms with Crippen molar-refractivity contribution in [3.63, 3.8) is 0 Å². The molecular formula is C27H29Cl2N3O3S. The second-order valence-electron chi connectivity index (χ2n) is 9.24. The highest BCUT2D eigenvalue weighted by molar-refractivity contribution is 7.11. The summed E-state index contributed by atoms with van der Waals surface area (Å²) < 4.78 is 2.15. The van der Waals surface area contributed by atoms with Gasteiger partial charge in [-0.2, -0.15) is 0 Å². The Kier molecular flexibility index (Phi) is 8.23. The smallest absolute Gasteiger partial charge is 0.326 e. The Morgan fingerprint density at radius 3 is 2.25 bits per heavy atom. The number of benzene rings is 2. The molecule has 0 bridgehead atoms. The Morgan fingerprint density at radius 2 is 1.69 bits per heavy atom. The van der Waals surface area contributed by atoms with Gasteiger partial charge in [0.05, 0.1) is 6.04 Å². The molecule has 2 aromatic carbocycles. The number of carboxylic acids is 1. The van der Waals surface area contributed by atoms with Crippen molar-refractivity contribution in [3.05, 3.63) is 85.1 Å². The van der Waals surface area contributed by atoms with E-state index in [0.29, 0.717) is 45.5 Å². The van der Waals surface area contributed by atoms with Gasteiger partial charge in [0.25, 0.3) is 5.91 Å². The van der Waals surface area contributed by atoms with Crippen LogP contribution in [-0.4, -0.2) is 46.1 Å². The molecule has 4 rings (SSSR count). The maximum absolute atomic E-state index is 13.8. The minimum Gasteiger partial charge on any atom is -0.480 e. The van der Waals surface area contributed by atoms with E-state index >= 15 is 0 Å². The predicted molar refractivity (Wildman–Crippen MR) is 144 cm³/mol. The summed E-state index contributed by atoms with van der Waals surface area (Å²) in [6.07, 6.45) is 1.80.